The Morgan fingerprint density at radius 3 is 2.74 bits per heavy atom. The van der Waals surface area contributed by atoms with Crippen LogP contribution in [-0.2, 0) is 0 Å². The lowest BCUT2D eigenvalue weighted by atomic mass is 10.1. The lowest BCUT2D eigenvalue weighted by Gasteiger charge is -2.06. The van der Waals surface area contributed by atoms with E-state index in [1.807, 2.05) is 13.0 Å². The van der Waals surface area contributed by atoms with E-state index >= 15 is 0 Å². The van der Waals surface area contributed by atoms with E-state index in [-0.39, 0.29) is 5.91 Å². The van der Waals surface area contributed by atoms with Crippen molar-refractivity contribution in [2.45, 2.75) is 6.92 Å². The molecule has 2 aromatic rings. The molecule has 0 fully saturated rings. The van der Waals surface area contributed by atoms with Crippen LogP contribution in [0.4, 0.5) is 5.69 Å². The molecule has 0 spiro atoms. The number of hydrogen-bond acceptors (Lipinski definition) is 2. The molecule has 0 unspecified atom stereocenters. The summed E-state index contributed by atoms with van der Waals surface area (Å²) in [6, 6.07) is 13.9. The number of rotatable bonds is 2. The van der Waals surface area contributed by atoms with E-state index in [0.717, 1.165) is 5.56 Å². The minimum Gasteiger partial charge on any atom is -0.322 e. The minimum atomic E-state index is -0.227. The quantitative estimate of drug-likeness (QED) is 0.903. The smallest absolute Gasteiger partial charge is 0.255 e. The van der Waals surface area contributed by atoms with Crippen LogP contribution in [0.1, 0.15) is 21.5 Å². The number of amides is 1. The van der Waals surface area contributed by atoms with Gasteiger partial charge in [-0.1, -0.05) is 17.7 Å². The maximum atomic E-state index is 12.0. The molecule has 0 radical (unpaired) electrons. The van der Waals surface area contributed by atoms with Crippen molar-refractivity contribution in [3.63, 3.8) is 0 Å². The number of nitriles is 1. The molecule has 1 N–H and O–H groups in total. The second-order valence-electron chi connectivity index (χ2n) is 4.11. The number of nitrogens with zero attached hydrogens (tertiary/aromatic N) is 1. The van der Waals surface area contributed by atoms with Gasteiger partial charge in [-0.05, 0) is 48.9 Å². The van der Waals surface area contributed by atoms with Crippen LogP contribution >= 0.6 is 11.6 Å². The van der Waals surface area contributed by atoms with Crippen LogP contribution in [0.15, 0.2) is 42.5 Å². The first-order valence-corrected chi connectivity index (χ1v) is 6.05. The average molecular weight is 271 g/mol. The van der Waals surface area contributed by atoms with Crippen LogP contribution < -0.4 is 5.32 Å². The van der Waals surface area contributed by atoms with Crippen molar-refractivity contribution in [2.75, 3.05) is 5.32 Å². The Balaban J connectivity index is 2.21. The highest BCUT2D eigenvalue weighted by Crippen LogP contribution is 2.17. The van der Waals surface area contributed by atoms with Crippen molar-refractivity contribution < 1.29 is 4.79 Å². The van der Waals surface area contributed by atoms with E-state index in [9.17, 15) is 4.79 Å². The van der Waals surface area contributed by atoms with Crippen molar-refractivity contribution in [1.29, 1.82) is 5.26 Å². The van der Waals surface area contributed by atoms with Gasteiger partial charge in [-0.25, -0.2) is 0 Å². The number of anilines is 1. The molecular weight excluding hydrogens is 260 g/mol. The summed E-state index contributed by atoms with van der Waals surface area (Å²) in [5.74, 6) is -0.227. The fourth-order valence-electron chi connectivity index (χ4n) is 1.66. The third kappa shape index (κ3) is 3.12. The SMILES string of the molecule is Cc1cc(C(=O)Nc2cccc(C#N)c2)ccc1Cl. The Kier molecular flexibility index (Phi) is 3.84. The molecule has 0 aromatic heterocycles. The second kappa shape index (κ2) is 5.55. The highest BCUT2D eigenvalue weighted by atomic mass is 35.5. The summed E-state index contributed by atoms with van der Waals surface area (Å²) in [5.41, 5.74) is 2.48. The molecular formula is C15H11ClN2O. The van der Waals surface area contributed by atoms with Crippen molar-refractivity contribution >= 4 is 23.2 Å². The number of hydrogen-bond donors (Lipinski definition) is 1. The summed E-state index contributed by atoms with van der Waals surface area (Å²) in [6.45, 7) is 1.84. The highest BCUT2D eigenvalue weighted by Gasteiger charge is 2.07. The predicted molar refractivity (Wildman–Crippen MR) is 75.3 cm³/mol. The minimum absolute atomic E-state index is 0.227. The summed E-state index contributed by atoms with van der Waals surface area (Å²) in [6.07, 6.45) is 0. The van der Waals surface area contributed by atoms with E-state index in [1.165, 1.54) is 0 Å². The van der Waals surface area contributed by atoms with Crippen molar-refractivity contribution in [2.24, 2.45) is 0 Å². The van der Waals surface area contributed by atoms with Gasteiger partial charge in [-0.3, -0.25) is 4.79 Å². The standard InChI is InChI=1S/C15H11ClN2O/c1-10-7-12(5-6-14(10)16)15(19)18-13-4-2-3-11(8-13)9-17/h2-8H,1H3,(H,18,19). The van der Waals surface area contributed by atoms with Crippen LogP contribution in [0.3, 0.4) is 0 Å². The number of halogens is 1. The van der Waals surface area contributed by atoms with Crippen LogP contribution in [0.5, 0.6) is 0 Å². The van der Waals surface area contributed by atoms with Crippen LogP contribution in [0.25, 0.3) is 0 Å². The molecule has 1 amide bonds. The fraction of sp³-hybridized carbons (Fsp3) is 0.0667. The number of aryl methyl sites for hydroxylation is 1. The van der Waals surface area contributed by atoms with Gasteiger partial charge in [-0.15, -0.1) is 0 Å². The van der Waals surface area contributed by atoms with Crippen molar-refractivity contribution in [3.8, 4) is 6.07 Å². The number of carbonyl (C=O) groups is 1. The first-order valence-electron chi connectivity index (χ1n) is 5.68. The molecule has 0 heterocycles. The molecule has 0 saturated heterocycles. The van der Waals surface area contributed by atoms with Gasteiger partial charge in [0.15, 0.2) is 0 Å². The molecule has 94 valence electrons. The zero-order chi connectivity index (χ0) is 13.8. The van der Waals surface area contributed by atoms with Gasteiger partial charge in [0, 0.05) is 16.3 Å². The number of carbonyl (C=O) groups excluding carboxylic acids is 1. The summed E-state index contributed by atoms with van der Waals surface area (Å²) in [7, 11) is 0. The van der Waals surface area contributed by atoms with Gasteiger partial charge in [0.2, 0.25) is 0 Å². The van der Waals surface area contributed by atoms with Gasteiger partial charge in [0.05, 0.1) is 11.6 Å². The molecule has 0 atom stereocenters. The molecule has 0 aliphatic heterocycles. The number of benzene rings is 2. The average Bonchev–Trinajstić information content (AvgIpc) is 2.42. The molecule has 3 nitrogen and oxygen atoms in total. The third-order valence-corrected chi connectivity index (χ3v) is 3.09. The van der Waals surface area contributed by atoms with E-state index < -0.39 is 0 Å². The van der Waals surface area contributed by atoms with E-state index in [2.05, 4.69) is 5.32 Å². The van der Waals surface area contributed by atoms with E-state index in [0.29, 0.717) is 21.8 Å². The molecule has 2 aromatic carbocycles. The monoisotopic (exact) mass is 270 g/mol. The second-order valence-corrected chi connectivity index (χ2v) is 4.52. The molecule has 0 bridgehead atoms. The first-order chi connectivity index (χ1) is 9.10. The molecule has 4 heteroatoms. The molecule has 0 aliphatic carbocycles. The van der Waals surface area contributed by atoms with E-state index in [4.69, 9.17) is 16.9 Å². The molecule has 0 saturated carbocycles. The largest absolute Gasteiger partial charge is 0.322 e. The summed E-state index contributed by atoms with van der Waals surface area (Å²) in [5, 5.41) is 12.2. The first kappa shape index (κ1) is 13.1. The third-order valence-electron chi connectivity index (χ3n) is 2.67. The summed E-state index contributed by atoms with van der Waals surface area (Å²) < 4.78 is 0. The van der Waals surface area contributed by atoms with Crippen LogP contribution in [0.2, 0.25) is 5.02 Å². The Morgan fingerprint density at radius 2 is 2.05 bits per heavy atom. The maximum absolute atomic E-state index is 12.0. The Morgan fingerprint density at radius 1 is 1.26 bits per heavy atom. The summed E-state index contributed by atoms with van der Waals surface area (Å²) >= 11 is 5.92. The maximum Gasteiger partial charge on any atom is 0.255 e. The Hall–Kier alpha value is -2.31. The lowest BCUT2D eigenvalue weighted by molar-refractivity contribution is 0.102. The van der Waals surface area contributed by atoms with Gasteiger partial charge < -0.3 is 5.32 Å². The Labute approximate surface area is 116 Å². The summed E-state index contributed by atoms with van der Waals surface area (Å²) in [4.78, 5) is 12.0. The Bertz CT molecular complexity index is 674. The van der Waals surface area contributed by atoms with Crippen LogP contribution in [-0.4, -0.2) is 5.91 Å². The predicted octanol–water partition coefficient (Wildman–Crippen LogP) is 3.77. The van der Waals surface area contributed by atoms with Gasteiger partial charge >= 0.3 is 0 Å². The van der Waals surface area contributed by atoms with Gasteiger partial charge in [0.25, 0.3) is 5.91 Å². The lowest BCUT2D eigenvalue weighted by Crippen LogP contribution is -2.12. The number of nitrogens with one attached hydrogen (secondary N) is 1. The zero-order valence-electron chi connectivity index (χ0n) is 10.3. The van der Waals surface area contributed by atoms with Crippen molar-refractivity contribution in [1.82, 2.24) is 0 Å². The molecule has 0 aliphatic rings. The zero-order valence-corrected chi connectivity index (χ0v) is 11.0. The van der Waals surface area contributed by atoms with E-state index in [1.54, 1.807) is 42.5 Å². The van der Waals surface area contributed by atoms with Gasteiger partial charge in [0.1, 0.15) is 0 Å². The van der Waals surface area contributed by atoms with Crippen LogP contribution in [0, 0.1) is 18.3 Å². The van der Waals surface area contributed by atoms with Crippen molar-refractivity contribution in [3.05, 3.63) is 64.2 Å². The fourth-order valence-corrected chi connectivity index (χ4v) is 1.77. The highest BCUT2D eigenvalue weighted by molar-refractivity contribution is 6.31. The molecule has 19 heavy (non-hydrogen) atoms. The topological polar surface area (TPSA) is 52.9 Å². The van der Waals surface area contributed by atoms with Gasteiger partial charge in [-0.2, -0.15) is 5.26 Å². The molecule has 2 rings (SSSR count). The normalized spacial score (nSPS) is 9.74.